The van der Waals surface area contributed by atoms with Crippen LogP contribution in [0.15, 0.2) is 72.8 Å². The smallest absolute Gasteiger partial charge is 0.233 e. The highest BCUT2D eigenvalue weighted by molar-refractivity contribution is 7.22. The molecule has 1 heterocycles. The molecule has 1 aromatic heterocycles. The molecule has 3 aromatic carbocycles. The lowest BCUT2D eigenvalue weighted by Gasteiger charge is -2.20. The van der Waals surface area contributed by atoms with E-state index in [9.17, 15) is 4.79 Å². The normalized spacial score (nSPS) is 10.9. The topological polar surface area (TPSA) is 33.2 Å². The van der Waals surface area contributed by atoms with Gasteiger partial charge in [0.05, 0.1) is 23.2 Å². The van der Waals surface area contributed by atoms with E-state index < -0.39 is 0 Å². The number of thiazole rings is 1. The van der Waals surface area contributed by atoms with Crippen LogP contribution in [0.3, 0.4) is 0 Å². The third-order valence-corrected chi connectivity index (χ3v) is 6.03. The van der Waals surface area contributed by atoms with Crippen molar-refractivity contribution < 1.29 is 4.79 Å². The first kappa shape index (κ1) is 18.4. The number of amides is 1. The molecular weight excluding hydrogens is 364 g/mol. The summed E-state index contributed by atoms with van der Waals surface area (Å²) in [6.45, 7) is 4.70. The summed E-state index contributed by atoms with van der Waals surface area (Å²) in [6.07, 6.45) is 0.363. The number of fused-ring (bicyclic) bond motifs is 1. The van der Waals surface area contributed by atoms with Gasteiger partial charge >= 0.3 is 0 Å². The number of anilines is 1. The van der Waals surface area contributed by atoms with Gasteiger partial charge in [0, 0.05) is 0 Å². The maximum absolute atomic E-state index is 13.2. The van der Waals surface area contributed by atoms with Crippen LogP contribution in [0.4, 0.5) is 5.13 Å². The maximum atomic E-state index is 13.2. The Morgan fingerprint density at radius 1 is 0.893 bits per heavy atom. The maximum Gasteiger partial charge on any atom is 0.233 e. The standard InChI is InChI=1S/C24H22N2OS/c1-17-13-14-21-23(18(17)2)25-24(28-21)26(16-20-11-7-4-8-12-20)22(27)15-19-9-5-3-6-10-19/h3-14H,15-16H2,1-2H3. The summed E-state index contributed by atoms with van der Waals surface area (Å²) in [4.78, 5) is 19.9. The molecular formula is C24H22N2OS. The van der Waals surface area contributed by atoms with Gasteiger partial charge < -0.3 is 0 Å². The molecule has 1 amide bonds. The first-order valence-corrected chi connectivity index (χ1v) is 10.2. The summed E-state index contributed by atoms with van der Waals surface area (Å²) in [5.74, 6) is 0.0588. The zero-order valence-corrected chi connectivity index (χ0v) is 16.9. The fourth-order valence-corrected chi connectivity index (χ4v) is 4.27. The van der Waals surface area contributed by atoms with Gasteiger partial charge in [-0.2, -0.15) is 0 Å². The zero-order chi connectivity index (χ0) is 19.5. The lowest BCUT2D eigenvalue weighted by molar-refractivity contribution is -0.118. The van der Waals surface area contributed by atoms with E-state index in [-0.39, 0.29) is 5.91 Å². The molecule has 0 spiro atoms. The molecule has 4 aromatic rings. The van der Waals surface area contributed by atoms with E-state index >= 15 is 0 Å². The Balaban J connectivity index is 1.72. The van der Waals surface area contributed by atoms with E-state index in [2.05, 4.69) is 26.0 Å². The van der Waals surface area contributed by atoms with Gasteiger partial charge in [0.1, 0.15) is 0 Å². The van der Waals surface area contributed by atoms with Crippen LogP contribution < -0.4 is 4.90 Å². The van der Waals surface area contributed by atoms with Crippen molar-refractivity contribution in [3.05, 3.63) is 95.1 Å². The average molecular weight is 387 g/mol. The first-order chi connectivity index (χ1) is 13.6. The SMILES string of the molecule is Cc1ccc2sc(N(Cc3ccccc3)C(=O)Cc3ccccc3)nc2c1C. The van der Waals surface area contributed by atoms with Crippen molar-refractivity contribution in [2.24, 2.45) is 0 Å². The highest BCUT2D eigenvalue weighted by Gasteiger charge is 2.21. The number of carbonyl (C=O) groups is 1. The van der Waals surface area contributed by atoms with Crippen molar-refractivity contribution in [3.63, 3.8) is 0 Å². The van der Waals surface area contributed by atoms with Gasteiger partial charge in [0.2, 0.25) is 5.91 Å². The molecule has 28 heavy (non-hydrogen) atoms. The minimum absolute atomic E-state index is 0.0588. The number of hydrogen-bond donors (Lipinski definition) is 0. The molecule has 0 bridgehead atoms. The summed E-state index contributed by atoms with van der Waals surface area (Å²) in [5, 5.41) is 0.758. The Morgan fingerprint density at radius 3 is 2.21 bits per heavy atom. The number of hydrogen-bond acceptors (Lipinski definition) is 3. The molecule has 0 fully saturated rings. The summed E-state index contributed by atoms with van der Waals surface area (Å²) < 4.78 is 1.11. The summed E-state index contributed by atoms with van der Waals surface area (Å²) in [6, 6.07) is 24.2. The number of benzene rings is 3. The van der Waals surface area contributed by atoms with Gasteiger partial charge in [-0.05, 0) is 42.2 Å². The van der Waals surface area contributed by atoms with E-state index in [0.29, 0.717) is 13.0 Å². The third kappa shape index (κ3) is 3.82. The van der Waals surface area contributed by atoms with Crippen LogP contribution in [0.1, 0.15) is 22.3 Å². The molecule has 0 atom stereocenters. The molecule has 140 valence electrons. The summed E-state index contributed by atoms with van der Waals surface area (Å²) in [5.41, 5.74) is 5.49. The molecule has 0 unspecified atom stereocenters. The van der Waals surface area contributed by atoms with Gasteiger partial charge in [-0.25, -0.2) is 4.98 Å². The minimum Gasteiger partial charge on any atom is -0.283 e. The van der Waals surface area contributed by atoms with Crippen LogP contribution >= 0.6 is 11.3 Å². The molecule has 3 nitrogen and oxygen atoms in total. The Kier molecular flexibility index (Phi) is 5.22. The molecule has 0 aliphatic carbocycles. The number of aryl methyl sites for hydroxylation is 2. The predicted molar refractivity (Wildman–Crippen MR) is 117 cm³/mol. The van der Waals surface area contributed by atoms with Crippen LogP contribution in [0.25, 0.3) is 10.2 Å². The van der Waals surface area contributed by atoms with Gasteiger partial charge in [-0.1, -0.05) is 78.1 Å². The lowest BCUT2D eigenvalue weighted by atomic mass is 10.1. The van der Waals surface area contributed by atoms with E-state index in [1.54, 1.807) is 11.3 Å². The Morgan fingerprint density at radius 2 is 1.54 bits per heavy atom. The Bertz CT molecular complexity index is 1100. The van der Waals surface area contributed by atoms with E-state index in [4.69, 9.17) is 4.98 Å². The monoisotopic (exact) mass is 386 g/mol. The number of rotatable bonds is 5. The van der Waals surface area contributed by atoms with Crippen molar-refractivity contribution in [2.45, 2.75) is 26.8 Å². The first-order valence-electron chi connectivity index (χ1n) is 9.37. The molecule has 0 aliphatic heterocycles. The second kappa shape index (κ2) is 7.95. The van der Waals surface area contributed by atoms with E-state index in [1.807, 2.05) is 65.6 Å². The summed E-state index contributed by atoms with van der Waals surface area (Å²) in [7, 11) is 0. The zero-order valence-electron chi connectivity index (χ0n) is 16.1. The van der Waals surface area contributed by atoms with Crippen molar-refractivity contribution in [1.82, 2.24) is 4.98 Å². The van der Waals surface area contributed by atoms with Crippen LogP contribution in [-0.2, 0) is 17.8 Å². The number of carbonyl (C=O) groups excluding carboxylic acids is 1. The van der Waals surface area contributed by atoms with Crippen molar-refractivity contribution in [3.8, 4) is 0 Å². The highest BCUT2D eigenvalue weighted by Crippen LogP contribution is 2.33. The molecule has 0 radical (unpaired) electrons. The lowest BCUT2D eigenvalue weighted by Crippen LogP contribution is -2.31. The van der Waals surface area contributed by atoms with Crippen LogP contribution in [-0.4, -0.2) is 10.9 Å². The van der Waals surface area contributed by atoms with Gasteiger partial charge in [-0.3, -0.25) is 9.69 Å². The highest BCUT2D eigenvalue weighted by atomic mass is 32.1. The fourth-order valence-electron chi connectivity index (χ4n) is 3.22. The second-order valence-corrected chi connectivity index (χ2v) is 7.99. The molecule has 4 rings (SSSR count). The van der Waals surface area contributed by atoms with Crippen molar-refractivity contribution in [2.75, 3.05) is 4.90 Å². The predicted octanol–water partition coefficient (Wildman–Crippen LogP) is 5.69. The van der Waals surface area contributed by atoms with E-state index in [0.717, 1.165) is 26.5 Å². The Labute approximate surface area is 169 Å². The van der Waals surface area contributed by atoms with E-state index in [1.165, 1.54) is 11.1 Å². The van der Waals surface area contributed by atoms with Crippen LogP contribution in [0.5, 0.6) is 0 Å². The second-order valence-electron chi connectivity index (χ2n) is 6.98. The van der Waals surface area contributed by atoms with Gasteiger partial charge in [0.25, 0.3) is 0 Å². The molecule has 0 aliphatic rings. The van der Waals surface area contributed by atoms with Gasteiger partial charge in [-0.15, -0.1) is 0 Å². The van der Waals surface area contributed by atoms with Gasteiger partial charge in [0.15, 0.2) is 5.13 Å². The number of aromatic nitrogens is 1. The van der Waals surface area contributed by atoms with Crippen molar-refractivity contribution >= 4 is 32.6 Å². The van der Waals surface area contributed by atoms with Crippen LogP contribution in [0.2, 0.25) is 0 Å². The summed E-state index contributed by atoms with van der Waals surface area (Å²) >= 11 is 1.58. The molecule has 0 saturated heterocycles. The van der Waals surface area contributed by atoms with Crippen molar-refractivity contribution in [1.29, 1.82) is 0 Å². The molecule has 4 heteroatoms. The Hall–Kier alpha value is -2.98. The number of nitrogens with zero attached hydrogens (tertiary/aromatic N) is 2. The molecule has 0 saturated carbocycles. The van der Waals surface area contributed by atoms with Crippen LogP contribution in [0, 0.1) is 13.8 Å². The quantitative estimate of drug-likeness (QED) is 0.441. The molecule has 0 N–H and O–H groups in total. The third-order valence-electron chi connectivity index (χ3n) is 4.99. The fraction of sp³-hybridized carbons (Fsp3) is 0.167. The average Bonchev–Trinajstić information content (AvgIpc) is 3.15. The largest absolute Gasteiger partial charge is 0.283 e. The minimum atomic E-state index is 0.0588.